The summed E-state index contributed by atoms with van der Waals surface area (Å²) in [4.78, 5) is 10.3. The molecule has 1 unspecified atom stereocenters. The first-order chi connectivity index (χ1) is 9.79. The molecule has 2 aromatic heterocycles. The highest BCUT2D eigenvalue weighted by Crippen LogP contribution is 2.38. The fourth-order valence-corrected chi connectivity index (χ4v) is 2.78. The molecule has 1 atom stereocenters. The standard InChI is InChI=1S/C14H13FIN3O/c15-10-2-1-6-18-11(10)9-19-12-8-17-7-4-13(12)20-14(19)3-5-16/h1-2,4,6-8,14H,3,5,9H2. The van der Waals surface area contributed by atoms with Crippen LogP contribution in [0.5, 0.6) is 5.75 Å². The van der Waals surface area contributed by atoms with Crippen LogP contribution < -0.4 is 9.64 Å². The van der Waals surface area contributed by atoms with Crippen LogP contribution in [0.3, 0.4) is 0 Å². The smallest absolute Gasteiger partial charge is 0.173 e. The van der Waals surface area contributed by atoms with Gasteiger partial charge < -0.3 is 9.64 Å². The average molecular weight is 385 g/mol. The Morgan fingerprint density at radius 1 is 1.35 bits per heavy atom. The lowest BCUT2D eigenvalue weighted by molar-refractivity contribution is 0.219. The van der Waals surface area contributed by atoms with E-state index < -0.39 is 0 Å². The van der Waals surface area contributed by atoms with Gasteiger partial charge in [-0.05, 0) is 12.1 Å². The monoisotopic (exact) mass is 385 g/mol. The first-order valence-electron chi connectivity index (χ1n) is 6.32. The third-order valence-corrected chi connectivity index (χ3v) is 3.81. The maximum absolute atomic E-state index is 13.8. The highest BCUT2D eigenvalue weighted by molar-refractivity contribution is 14.1. The molecule has 0 radical (unpaired) electrons. The largest absolute Gasteiger partial charge is 0.468 e. The molecule has 0 spiro atoms. The second-order valence-electron chi connectivity index (χ2n) is 4.45. The van der Waals surface area contributed by atoms with Crippen molar-refractivity contribution in [3.63, 3.8) is 0 Å². The molecule has 0 N–H and O–H groups in total. The quantitative estimate of drug-likeness (QED) is 0.599. The number of nitrogens with zero attached hydrogens (tertiary/aromatic N) is 3. The Hall–Kier alpha value is -1.44. The van der Waals surface area contributed by atoms with Crippen LogP contribution in [-0.2, 0) is 6.54 Å². The molecule has 0 amide bonds. The summed E-state index contributed by atoms with van der Waals surface area (Å²) in [6.07, 6.45) is 5.83. The molecule has 3 rings (SSSR count). The number of pyridine rings is 2. The van der Waals surface area contributed by atoms with Gasteiger partial charge in [-0.1, -0.05) is 22.6 Å². The zero-order valence-corrected chi connectivity index (χ0v) is 12.8. The topological polar surface area (TPSA) is 38.2 Å². The minimum Gasteiger partial charge on any atom is -0.468 e. The zero-order valence-electron chi connectivity index (χ0n) is 10.7. The molecule has 0 saturated heterocycles. The molecule has 0 bridgehead atoms. The molecule has 0 aliphatic carbocycles. The van der Waals surface area contributed by atoms with Crippen LogP contribution in [-0.4, -0.2) is 20.6 Å². The van der Waals surface area contributed by atoms with Gasteiger partial charge >= 0.3 is 0 Å². The van der Waals surface area contributed by atoms with Gasteiger partial charge in [-0.15, -0.1) is 0 Å². The van der Waals surface area contributed by atoms with Crippen molar-refractivity contribution in [2.24, 2.45) is 0 Å². The second-order valence-corrected chi connectivity index (χ2v) is 5.53. The molecule has 2 aromatic rings. The number of hydrogen-bond donors (Lipinski definition) is 0. The fourth-order valence-electron chi connectivity index (χ4n) is 2.25. The number of ether oxygens (including phenoxy) is 1. The van der Waals surface area contributed by atoms with E-state index in [9.17, 15) is 4.39 Å². The number of anilines is 1. The SMILES string of the molecule is Fc1cccnc1CN1c2cnccc2OC1CCI. The summed E-state index contributed by atoms with van der Waals surface area (Å²) in [6, 6.07) is 4.86. The Balaban J connectivity index is 1.91. The van der Waals surface area contributed by atoms with E-state index in [1.807, 2.05) is 11.0 Å². The highest BCUT2D eigenvalue weighted by Gasteiger charge is 2.31. The molecule has 0 saturated carbocycles. The zero-order chi connectivity index (χ0) is 13.9. The van der Waals surface area contributed by atoms with Crippen molar-refractivity contribution >= 4 is 28.3 Å². The van der Waals surface area contributed by atoms with Gasteiger partial charge in [0.15, 0.2) is 6.23 Å². The van der Waals surface area contributed by atoms with E-state index in [1.165, 1.54) is 6.07 Å². The minimum atomic E-state index is -0.293. The van der Waals surface area contributed by atoms with Crippen molar-refractivity contribution in [1.29, 1.82) is 0 Å². The lowest BCUT2D eigenvalue weighted by Gasteiger charge is -2.24. The molecule has 104 valence electrons. The molecule has 4 nitrogen and oxygen atoms in total. The third kappa shape index (κ3) is 2.56. The van der Waals surface area contributed by atoms with Crippen molar-refractivity contribution < 1.29 is 9.13 Å². The molecule has 1 aliphatic rings. The van der Waals surface area contributed by atoms with Crippen LogP contribution in [0.15, 0.2) is 36.8 Å². The lowest BCUT2D eigenvalue weighted by Crippen LogP contribution is -2.35. The van der Waals surface area contributed by atoms with Crippen LogP contribution in [0, 0.1) is 5.82 Å². The van der Waals surface area contributed by atoms with Gasteiger partial charge in [-0.25, -0.2) is 4.39 Å². The molecule has 3 heterocycles. The number of alkyl halides is 1. The summed E-state index contributed by atoms with van der Waals surface area (Å²) in [5.74, 6) is 0.504. The number of halogens is 2. The maximum Gasteiger partial charge on any atom is 0.173 e. The van der Waals surface area contributed by atoms with Crippen molar-refractivity contribution in [2.45, 2.75) is 19.2 Å². The predicted molar refractivity (Wildman–Crippen MR) is 82.5 cm³/mol. The van der Waals surface area contributed by atoms with Gasteiger partial charge in [0.2, 0.25) is 0 Å². The average Bonchev–Trinajstić information content (AvgIpc) is 2.80. The number of aromatic nitrogens is 2. The maximum atomic E-state index is 13.8. The summed E-state index contributed by atoms with van der Waals surface area (Å²) in [6.45, 7) is 0.382. The molecule has 1 aliphatic heterocycles. The molecular formula is C14H13FIN3O. The van der Waals surface area contributed by atoms with E-state index in [2.05, 4.69) is 32.6 Å². The van der Waals surface area contributed by atoms with Crippen LogP contribution in [0.4, 0.5) is 10.1 Å². The summed E-state index contributed by atoms with van der Waals surface area (Å²) in [5, 5.41) is 0. The molecule has 0 aromatic carbocycles. The van der Waals surface area contributed by atoms with Crippen molar-refractivity contribution in [3.8, 4) is 5.75 Å². The summed E-state index contributed by atoms with van der Waals surface area (Å²) >= 11 is 2.31. The van der Waals surface area contributed by atoms with Gasteiger partial charge in [0.05, 0.1) is 18.4 Å². The Bertz CT molecular complexity index is 610. The van der Waals surface area contributed by atoms with Gasteiger partial charge in [-0.3, -0.25) is 9.97 Å². The van der Waals surface area contributed by atoms with Gasteiger partial charge in [-0.2, -0.15) is 0 Å². The van der Waals surface area contributed by atoms with Crippen LogP contribution in [0.25, 0.3) is 0 Å². The van der Waals surface area contributed by atoms with Crippen LogP contribution >= 0.6 is 22.6 Å². The van der Waals surface area contributed by atoms with Crippen molar-refractivity contribution in [3.05, 3.63) is 48.3 Å². The summed E-state index contributed by atoms with van der Waals surface area (Å²) in [7, 11) is 0. The highest BCUT2D eigenvalue weighted by atomic mass is 127. The van der Waals surface area contributed by atoms with Crippen molar-refractivity contribution in [2.75, 3.05) is 9.33 Å². The van der Waals surface area contributed by atoms with Crippen LogP contribution in [0.2, 0.25) is 0 Å². The van der Waals surface area contributed by atoms with Gasteiger partial charge in [0.1, 0.15) is 17.3 Å². The number of rotatable bonds is 4. The summed E-state index contributed by atoms with van der Waals surface area (Å²) in [5.41, 5.74) is 1.32. The summed E-state index contributed by atoms with van der Waals surface area (Å²) < 4.78 is 20.7. The second kappa shape index (κ2) is 5.90. The van der Waals surface area contributed by atoms with Gasteiger partial charge in [0, 0.05) is 29.3 Å². The first kappa shape index (κ1) is 13.5. The van der Waals surface area contributed by atoms with E-state index in [1.54, 1.807) is 24.7 Å². The Kier molecular flexibility index (Phi) is 4.00. The molecule has 6 heteroatoms. The lowest BCUT2D eigenvalue weighted by atomic mass is 10.2. The third-order valence-electron chi connectivity index (χ3n) is 3.19. The Morgan fingerprint density at radius 3 is 3.05 bits per heavy atom. The molecule has 0 fully saturated rings. The first-order valence-corrected chi connectivity index (χ1v) is 7.85. The predicted octanol–water partition coefficient (Wildman–Crippen LogP) is 3.17. The van der Waals surface area contributed by atoms with E-state index in [0.717, 1.165) is 22.3 Å². The normalized spacial score (nSPS) is 16.9. The van der Waals surface area contributed by atoms with Crippen LogP contribution in [0.1, 0.15) is 12.1 Å². The Morgan fingerprint density at radius 2 is 2.25 bits per heavy atom. The van der Waals surface area contributed by atoms with E-state index in [4.69, 9.17) is 4.74 Å². The van der Waals surface area contributed by atoms with Gasteiger partial charge in [0.25, 0.3) is 0 Å². The van der Waals surface area contributed by atoms with E-state index in [0.29, 0.717) is 12.2 Å². The van der Waals surface area contributed by atoms with E-state index in [-0.39, 0.29) is 12.0 Å². The Labute approximate surface area is 130 Å². The number of fused-ring (bicyclic) bond motifs is 1. The number of hydrogen-bond acceptors (Lipinski definition) is 4. The fraction of sp³-hybridized carbons (Fsp3) is 0.286. The van der Waals surface area contributed by atoms with E-state index >= 15 is 0 Å². The minimum absolute atomic E-state index is 0.0903. The van der Waals surface area contributed by atoms with Crippen molar-refractivity contribution in [1.82, 2.24) is 9.97 Å². The molecule has 20 heavy (non-hydrogen) atoms. The molecular weight excluding hydrogens is 372 g/mol.